The van der Waals surface area contributed by atoms with Crippen molar-refractivity contribution in [1.82, 2.24) is 10.6 Å². The van der Waals surface area contributed by atoms with Crippen LogP contribution in [-0.4, -0.2) is 125 Å². The summed E-state index contributed by atoms with van der Waals surface area (Å²) < 4.78 is 23.2. The third kappa shape index (κ3) is 35.0. The normalized spacial score (nSPS) is 13.2. The molecule has 0 saturated carbocycles. The lowest BCUT2D eigenvalue weighted by Gasteiger charge is -2.06. The fourth-order valence-electron chi connectivity index (χ4n) is 1.73. The molecule has 0 aliphatic rings. The molecule has 0 spiro atoms. The largest absolute Gasteiger partial charge is 0.611 e. The van der Waals surface area contributed by atoms with Crippen LogP contribution in [0, 0.1) is 0 Å². The maximum atomic E-state index is 12.0. The van der Waals surface area contributed by atoms with Gasteiger partial charge in [-0.2, -0.15) is 0 Å². The van der Waals surface area contributed by atoms with Crippen LogP contribution in [0.3, 0.4) is 0 Å². The lowest BCUT2D eigenvalue weighted by molar-refractivity contribution is 0.261. The van der Waals surface area contributed by atoms with Crippen LogP contribution in [0.2, 0.25) is 0 Å². The highest BCUT2D eigenvalue weighted by Crippen LogP contribution is 2.21. The topological polar surface area (TPSA) is 169 Å². The Morgan fingerprint density at radius 2 is 1.17 bits per heavy atom. The lowest BCUT2D eigenvalue weighted by atomic mass is 10.9. The van der Waals surface area contributed by atoms with Gasteiger partial charge in [0, 0.05) is 47.4 Å². The zero-order chi connectivity index (χ0) is 30.2. The van der Waals surface area contributed by atoms with E-state index in [0.717, 1.165) is 37.2 Å². The minimum absolute atomic E-state index is 0.00468. The maximum Gasteiger partial charge on any atom is 0.280 e. The zero-order valence-corrected chi connectivity index (χ0v) is 31.9. The molecule has 10 nitrogen and oxygen atoms in total. The van der Waals surface area contributed by atoms with E-state index >= 15 is 0 Å². The van der Waals surface area contributed by atoms with Gasteiger partial charge >= 0.3 is 0 Å². The van der Waals surface area contributed by atoms with Crippen LogP contribution >= 0.6 is 118 Å². The third-order valence-electron chi connectivity index (χ3n) is 3.28. The van der Waals surface area contributed by atoms with Crippen molar-refractivity contribution in [3.05, 3.63) is 0 Å². The number of aliphatic imine (C=N–C) groups is 2. The first-order valence-corrected chi connectivity index (χ1v) is 25.4. The van der Waals surface area contributed by atoms with Gasteiger partial charge in [0.15, 0.2) is 5.08 Å². The van der Waals surface area contributed by atoms with Gasteiger partial charge in [0.05, 0.1) is 36.7 Å². The number of carbonyl (C=O) groups excluding carboxylic acids is 2. The smallest absolute Gasteiger partial charge is 0.280 e. The Bertz CT molecular complexity index is 692. The summed E-state index contributed by atoms with van der Waals surface area (Å²) in [6.45, 7) is -0.108. The van der Waals surface area contributed by atoms with Gasteiger partial charge in [-0.1, -0.05) is 35.3 Å². The Morgan fingerprint density at radius 1 is 0.659 bits per heavy atom. The Kier molecular flexibility index (Phi) is 37.2. The van der Waals surface area contributed by atoms with Crippen molar-refractivity contribution in [2.24, 2.45) is 9.98 Å². The van der Waals surface area contributed by atoms with E-state index in [9.17, 15) is 18.7 Å². The SMILES string of the molecule is O=C(NCSCSCSC/N=C/[S+]([O-])CSCSCSC(=O)NCSCSCSC/N=C/[S+]([O-])CCO)SCCO. The van der Waals surface area contributed by atoms with E-state index in [1.807, 2.05) is 0 Å². The second-order valence-electron chi connectivity index (χ2n) is 6.41. The molecule has 0 aromatic carbocycles. The van der Waals surface area contributed by atoms with Crippen molar-refractivity contribution in [2.45, 2.75) is 0 Å². The second kappa shape index (κ2) is 35.2. The second-order valence-corrected chi connectivity index (χ2v) is 21.5. The van der Waals surface area contributed by atoms with Crippen LogP contribution in [0.25, 0.3) is 0 Å². The first-order chi connectivity index (χ1) is 20.0. The van der Waals surface area contributed by atoms with Crippen molar-refractivity contribution in [3.8, 4) is 0 Å². The molecule has 0 fully saturated rings. The molecule has 41 heavy (non-hydrogen) atoms. The molecule has 240 valence electrons. The Morgan fingerprint density at radius 3 is 1.76 bits per heavy atom. The lowest BCUT2D eigenvalue weighted by Crippen LogP contribution is -2.18. The third-order valence-corrected chi connectivity index (χ3v) is 16.6. The average Bonchev–Trinajstić information content (AvgIpc) is 2.95. The number of nitrogens with one attached hydrogen (secondary N) is 2. The first-order valence-electron chi connectivity index (χ1n) is 11.4. The van der Waals surface area contributed by atoms with Gasteiger partial charge in [0.2, 0.25) is 11.1 Å². The van der Waals surface area contributed by atoms with E-state index in [2.05, 4.69) is 20.6 Å². The molecule has 0 aromatic rings. The summed E-state index contributed by atoms with van der Waals surface area (Å²) in [7, 11) is 0. The predicted molar refractivity (Wildman–Crippen MR) is 204 cm³/mol. The van der Waals surface area contributed by atoms with Crippen LogP contribution < -0.4 is 10.6 Å². The summed E-state index contributed by atoms with van der Waals surface area (Å²) in [5.74, 6) is 2.84. The standard InChI is InChI=1S/C19H36N4O6S12/c24-1-3-38-18(26)22-7-32-13-35-12-31-6-21-10-41(29)17-37-15-36-16-39-19(27)23-8-33-14-34-11-30-5-20-9-40(28)4-2-25/h9-10,24-25H,1-8,11-17H2,(H,22,26)(H,23,27)/b20-9+,21-10+. The van der Waals surface area contributed by atoms with Crippen LogP contribution in [0.15, 0.2) is 9.98 Å². The average molecular weight is 801 g/mol. The van der Waals surface area contributed by atoms with Crippen LogP contribution in [0.4, 0.5) is 9.59 Å². The molecule has 0 rings (SSSR count). The number of rotatable bonds is 28. The summed E-state index contributed by atoms with van der Waals surface area (Å²) in [6, 6.07) is 0. The van der Waals surface area contributed by atoms with E-state index in [-0.39, 0.29) is 29.4 Å². The van der Waals surface area contributed by atoms with E-state index in [1.165, 1.54) is 22.9 Å². The Labute approximate surface area is 292 Å². The highest BCUT2D eigenvalue weighted by atomic mass is 32.3. The molecule has 2 atom stereocenters. The Balaban J connectivity index is 3.42. The molecular weight excluding hydrogens is 765 g/mol. The number of aliphatic hydroxyl groups is 2. The molecule has 0 saturated heterocycles. The molecule has 2 amide bonds. The van der Waals surface area contributed by atoms with Crippen molar-refractivity contribution in [1.29, 1.82) is 0 Å². The molecule has 4 N–H and O–H groups in total. The maximum absolute atomic E-state index is 12.0. The molecule has 2 unspecified atom stereocenters. The Hall–Kier alpha value is 2.32. The van der Waals surface area contributed by atoms with E-state index in [0.29, 0.717) is 39.4 Å². The number of hydrogen-bond acceptors (Lipinski definition) is 18. The van der Waals surface area contributed by atoms with Gasteiger partial charge in [-0.15, -0.1) is 82.3 Å². The van der Waals surface area contributed by atoms with Gasteiger partial charge in [-0.3, -0.25) is 9.59 Å². The van der Waals surface area contributed by atoms with Crippen LogP contribution in [0.1, 0.15) is 0 Å². The minimum Gasteiger partial charge on any atom is -0.611 e. The molecule has 0 heterocycles. The van der Waals surface area contributed by atoms with Gasteiger partial charge in [0.25, 0.3) is 10.5 Å². The molecule has 0 aliphatic carbocycles. The minimum atomic E-state index is -1.19. The molecule has 0 aromatic heterocycles. The molecule has 22 heteroatoms. The van der Waals surface area contributed by atoms with Gasteiger partial charge in [-0.25, -0.2) is 9.98 Å². The number of thioether (sulfide) groups is 10. The molecule has 0 aliphatic heterocycles. The summed E-state index contributed by atoms with van der Waals surface area (Å²) in [5, 5.41) is 28.1. The van der Waals surface area contributed by atoms with E-state index < -0.39 is 22.4 Å². The number of nitrogens with zero attached hydrogens (tertiary/aromatic N) is 2. The summed E-state index contributed by atoms with van der Waals surface area (Å²) in [5.41, 5.74) is 2.88. The van der Waals surface area contributed by atoms with Crippen LogP contribution in [0.5, 0.6) is 0 Å². The summed E-state index contributed by atoms with van der Waals surface area (Å²) >= 11 is 13.2. The first kappa shape index (κ1) is 43.3. The van der Waals surface area contributed by atoms with Gasteiger partial charge in [0.1, 0.15) is 5.75 Å². The highest BCUT2D eigenvalue weighted by molar-refractivity contribution is 8.29. The van der Waals surface area contributed by atoms with Crippen molar-refractivity contribution < 1.29 is 28.9 Å². The summed E-state index contributed by atoms with van der Waals surface area (Å²) in [4.78, 5) is 31.5. The van der Waals surface area contributed by atoms with Crippen molar-refractivity contribution >= 4 is 162 Å². The monoisotopic (exact) mass is 800 g/mol. The van der Waals surface area contributed by atoms with E-state index in [4.69, 9.17) is 10.2 Å². The van der Waals surface area contributed by atoms with Crippen LogP contribution in [-0.2, 0) is 22.4 Å². The quantitative estimate of drug-likeness (QED) is 0.0280. The fourth-order valence-corrected chi connectivity index (χ4v) is 13.1. The van der Waals surface area contributed by atoms with Gasteiger partial charge in [-0.05, 0) is 11.2 Å². The molecule has 0 radical (unpaired) electrons. The summed E-state index contributed by atoms with van der Waals surface area (Å²) in [6.07, 6.45) is 0. The number of amides is 2. The number of aliphatic hydroxyl groups excluding tert-OH is 2. The van der Waals surface area contributed by atoms with Crippen molar-refractivity contribution in [2.75, 3.05) is 83.8 Å². The van der Waals surface area contributed by atoms with Crippen molar-refractivity contribution in [3.63, 3.8) is 0 Å². The number of carbonyl (C=O) groups is 2. The zero-order valence-electron chi connectivity index (χ0n) is 22.1. The highest BCUT2D eigenvalue weighted by Gasteiger charge is 2.05. The van der Waals surface area contributed by atoms with Gasteiger partial charge < -0.3 is 30.0 Å². The predicted octanol–water partition coefficient (Wildman–Crippen LogP) is 4.81. The number of hydrogen-bond donors (Lipinski definition) is 4. The van der Waals surface area contributed by atoms with E-state index in [1.54, 1.807) is 94.1 Å². The molecular formula is C19H36N4O6S12. The fraction of sp³-hybridized carbons (Fsp3) is 0.789. The molecule has 0 bridgehead atoms.